The van der Waals surface area contributed by atoms with Gasteiger partial charge in [-0.1, -0.05) is 19.8 Å². The van der Waals surface area contributed by atoms with Gasteiger partial charge < -0.3 is 9.84 Å². The lowest BCUT2D eigenvalue weighted by atomic mass is 10.2. The lowest BCUT2D eigenvalue weighted by Crippen LogP contribution is -2.01. The molecule has 0 spiro atoms. The number of rotatable bonds is 6. The molecular formula is C11H17NO2. The predicted molar refractivity (Wildman–Crippen MR) is 55.2 cm³/mol. The van der Waals surface area contributed by atoms with Crippen LogP contribution in [0.25, 0.3) is 0 Å². The second-order valence-electron chi connectivity index (χ2n) is 3.18. The molecule has 0 saturated carbocycles. The molecule has 0 aliphatic carbocycles. The van der Waals surface area contributed by atoms with E-state index in [2.05, 4.69) is 11.9 Å². The molecule has 0 fully saturated rings. The van der Waals surface area contributed by atoms with Crippen LogP contribution in [0.5, 0.6) is 5.88 Å². The van der Waals surface area contributed by atoms with Crippen LogP contribution in [0.1, 0.15) is 31.7 Å². The monoisotopic (exact) mass is 195 g/mol. The largest absolute Gasteiger partial charge is 0.477 e. The number of hydrogen-bond donors (Lipinski definition) is 1. The van der Waals surface area contributed by atoms with Crippen molar-refractivity contribution in [3.63, 3.8) is 0 Å². The second kappa shape index (κ2) is 6.38. The van der Waals surface area contributed by atoms with Gasteiger partial charge in [0.1, 0.15) is 0 Å². The van der Waals surface area contributed by atoms with E-state index in [4.69, 9.17) is 9.84 Å². The van der Waals surface area contributed by atoms with E-state index in [0.717, 1.165) is 12.0 Å². The van der Waals surface area contributed by atoms with Crippen molar-refractivity contribution in [2.75, 3.05) is 6.61 Å². The highest BCUT2D eigenvalue weighted by Crippen LogP contribution is 2.14. The van der Waals surface area contributed by atoms with Gasteiger partial charge in [-0.25, -0.2) is 4.98 Å². The summed E-state index contributed by atoms with van der Waals surface area (Å²) in [6, 6.07) is 3.62. The number of aliphatic hydroxyl groups excluding tert-OH is 1. The molecule has 0 aromatic carbocycles. The third kappa shape index (κ3) is 3.34. The molecule has 0 bridgehead atoms. The summed E-state index contributed by atoms with van der Waals surface area (Å²) in [5.41, 5.74) is 0.754. The number of unbranched alkanes of at least 4 members (excludes halogenated alkanes) is 2. The zero-order valence-electron chi connectivity index (χ0n) is 8.57. The molecule has 3 heteroatoms. The zero-order chi connectivity index (χ0) is 10.2. The van der Waals surface area contributed by atoms with E-state index in [1.54, 1.807) is 12.3 Å². The Bertz CT molecular complexity index is 263. The number of nitrogens with zero attached hydrogens (tertiary/aromatic N) is 1. The van der Waals surface area contributed by atoms with Crippen molar-refractivity contribution in [2.45, 2.75) is 32.8 Å². The Morgan fingerprint density at radius 3 is 3.00 bits per heavy atom. The van der Waals surface area contributed by atoms with Gasteiger partial charge in [0, 0.05) is 11.8 Å². The lowest BCUT2D eigenvalue weighted by molar-refractivity contribution is 0.254. The summed E-state index contributed by atoms with van der Waals surface area (Å²) in [6.07, 6.45) is 5.06. The summed E-state index contributed by atoms with van der Waals surface area (Å²) in [5, 5.41) is 9.00. The van der Waals surface area contributed by atoms with E-state index in [-0.39, 0.29) is 6.61 Å². The van der Waals surface area contributed by atoms with E-state index in [1.165, 1.54) is 12.8 Å². The highest BCUT2D eigenvalue weighted by Gasteiger charge is 2.01. The highest BCUT2D eigenvalue weighted by molar-refractivity contribution is 5.24. The topological polar surface area (TPSA) is 42.4 Å². The number of hydrogen-bond acceptors (Lipinski definition) is 3. The first-order valence-electron chi connectivity index (χ1n) is 5.06. The first kappa shape index (κ1) is 11.0. The van der Waals surface area contributed by atoms with Gasteiger partial charge in [0.25, 0.3) is 0 Å². The van der Waals surface area contributed by atoms with Crippen LogP contribution >= 0.6 is 0 Å². The average molecular weight is 195 g/mol. The molecule has 0 aliphatic rings. The summed E-state index contributed by atoms with van der Waals surface area (Å²) in [5.74, 6) is 0.561. The fraction of sp³-hybridized carbons (Fsp3) is 0.545. The maximum atomic E-state index is 9.00. The molecule has 3 nitrogen and oxygen atoms in total. The minimum atomic E-state index is -0.0169. The number of pyridine rings is 1. The van der Waals surface area contributed by atoms with Crippen molar-refractivity contribution in [3.05, 3.63) is 23.9 Å². The fourth-order valence-electron chi connectivity index (χ4n) is 1.20. The molecule has 0 unspecified atom stereocenters. The van der Waals surface area contributed by atoms with Gasteiger partial charge in [-0.2, -0.15) is 0 Å². The van der Waals surface area contributed by atoms with Crippen molar-refractivity contribution >= 4 is 0 Å². The summed E-state index contributed by atoms with van der Waals surface area (Å²) in [7, 11) is 0. The summed E-state index contributed by atoms with van der Waals surface area (Å²) in [6.45, 7) is 2.81. The SMILES string of the molecule is CCCCCOc1ncccc1CO. The molecule has 0 saturated heterocycles. The Morgan fingerprint density at radius 1 is 1.43 bits per heavy atom. The van der Waals surface area contributed by atoms with Crippen LogP contribution in [0.15, 0.2) is 18.3 Å². The molecule has 1 N–H and O–H groups in total. The van der Waals surface area contributed by atoms with Crippen LogP contribution in [0.4, 0.5) is 0 Å². The van der Waals surface area contributed by atoms with Gasteiger partial charge in [-0.15, -0.1) is 0 Å². The van der Waals surface area contributed by atoms with Gasteiger partial charge in [0.15, 0.2) is 0 Å². The molecule has 1 rings (SSSR count). The Labute approximate surface area is 84.7 Å². The van der Waals surface area contributed by atoms with Crippen molar-refractivity contribution in [2.24, 2.45) is 0 Å². The fourth-order valence-corrected chi connectivity index (χ4v) is 1.20. The van der Waals surface area contributed by atoms with Crippen molar-refractivity contribution in [1.82, 2.24) is 4.98 Å². The van der Waals surface area contributed by atoms with Crippen molar-refractivity contribution in [3.8, 4) is 5.88 Å². The molecule has 0 aliphatic heterocycles. The van der Waals surface area contributed by atoms with Crippen LogP contribution in [0.2, 0.25) is 0 Å². The summed E-state index contributed by atoms with van der Waals surface area (Å²) < 4.78 is 5.46. The highest BCUT2D eigenvalue weighted by atomic mass is 16.5. The molecule has 78 valence electrons. The smallest absolute Gasteiger partial charge is 0.218 e. The molecule has 0 radical (unpaired) electrons. The van der Waals surface area contributed by atoms with Crippen molar-refractivity contribution < 1.29 is 9.84 Å². The zero-order valence-corrected chi connectivity index (χ0v) is 8.57. The maximum absolute atomic E-state index is 9.00. The third-order valence-corrected chi connectivity index (χ3v) is 2.01. The minimum absolute atomic E-state index is 0.0169. The van der Waals surface area contributed by atoms with E-state index in [9.17, 15) is 0 Å². The van der Waals surface area contributed by atoms with Gasteiger partial charge >= 0.3 is 0 Å². The summed E-state index contributed by atoms with van der Waals surface area (Å²) >= 11 is 0. The molecule has 1 aromatic rings. The molecule has 14 heavy (non-hydrogen) atoms. The van der Waals surface area contributed by atoms with E-state index in [1.807, 2.05) is 6.07 Å². The van der Waals surface area contributed by atoms with Gasteiger partial charge in [0.2, 0.25) is 5.88 Å². The minimum Gasteiger partial charge on any atom is -0.477 e. The van der Waals surface area contributed by atoms with E-state index < -0.39 is 0 Å². The first-order valence-corrected chi connectivity index (χ1v) is 5.06. The molecular weight excluding hydrogens is 178 g/mol. The Balaban J connectivity index is 2.41. The van der Waals surface area contributed by atoms with E-state index >= 15 is 0 Å². The molecule has 0 amide bonds. The van der Waals surface area contributed by atoms with Crippen molar-refractivity contribution in [1.29, 1.82) is 0 Å². The van der Waals surface area contributed by atoms with Gasteiger partial charge in [-0.05, 0) is 18.6 Å². The number of ether oxygens (including phenoxy) is 1. The average Bonchev–Trinajstić information content (AvgIpc) is 2.25. The van der Waals surface area contributed by atoms with Crippen LogP contribution in [-0.4, -0.2) is 16.7 Å². The van der Waals surface area contributed by atoms with Crippen LogP contribution in [0, 0.1) is 0 Å². The van der Waals surface area contributed by atoms with E-state index in [0.29, 0.717) is 12.5 Å². The lowest BCUT2D eigenvalue weighted by Gasteiger charge is -2.07. The molecule has 1 aromatic heterocycles. The van der Waals surface area contributed by atoms with Gasteiger partial charge in [0.05, 0.1) is 13.2 Å². The first-order chi connectivity index (χ1) is 6.88. The number of aromatic nitrogens is 1. The maximum Gasteiger partial charge on any atom is 0.218 e. The molecule has 0 atom stereocenters. The Hall–Kier alpha value is -1.09. The Morgan fingerprint density at radius 2 is 2.29 bits per heavy atom. The normalized spacial score (nSPS) is 10.1. The van der Waals surface area contributed by atoms with Crippen LogP contribution < -0.4 is 4.74 Å². The number of aliphatic hydroxyl groups is 1. The quantitative estimate of drug-likeness (QED) is 0.707. The molecule has 1 heterocycles. The predicted octanol–water partition coefficient (Wildman–Crippen LogP) is 2.14. The summed E-state index contributed by atoms with van der Waals surface area (Å²) in [4.78, 5) is 4.06. The third-order valence-electron chi connectivity index (χ3n) is 2.01. The van der Waals surface area contributed by atoms with Gasteiger partial charge in [-0.3, -0.25) is 0 Å². The van der Waals surface area contributed by atoms with Crippen LogP contribution in [0.3, 0.4) is 0 Å². The second-order valence-corrected chi connectivity index (χ2v) is 3.18. The van der Waals surface area contributed by atoms with Crippen LogP contribution in [-0.2, 0) is 6.61 Å². The Kier molecular flexibility index (Phi) is 5.00. The standard InChI is InChI=1S/C11H17NO2/c1-2-3-4-8-14-11-10(9-13)6-5-7-12-11/h5-7,13H,2-4,8-9H2,1H3.